The molecule has 2 heterocycles. The van der Waals surface area contributed by atoms with Gasteiger partial charge in [0.15, 0.2) is 5.13 Å². The van der Waals surface area contributed by atoms with Crippen molar-refractivity contribution in [3.05, 3.63) is 80.3 Å². The summed E-state index contributed by atoms with van der Waals surface area (Å²) in [6, 6.07) is 13.2. The number of halogens is 1. The van der Waals surface area contributed by atoms with E-state index < -0.39 is 17.7 Å². The summed E-state index contributed by atoms with van der Waals surface area (Å²) in [6.45, 7) is 3.77. The van der Waals surface area contributed by atoms with Crippen molar-refractivity contribution < 1.29 is 19.4 Å². The Balaban J connectivity index is 1.92. The number of aliphatic hydroxyl groups excluding tert-OH is 1. The Bertz CT molecular complexity index is 1180. The van der Waals surface area contributed by atoms with Crippen LogP contribution in [0.5, 0.6) is 5.75 Å². The number of amides is 1. The molecular weight excluding hydrogens is 480 g/mol. The quantitative estimate of drug-likeness (QED) is 0.305. The number of benzene rings is 2. The molecule has 1 atom stereocenters. The van der Waals surface area contributed by atoms with Crippen LogP contribution in [-0.2, 0) is 9.59 Å². The fourth-order valence-electron chi connectivity index (χ4n) is 3.45. The van der Waals surface area contributed by atoms with Crippen LogP contribution >= 0.6 is 27.3 Å². The Morgan fingerprint density at radius 2 is 1.74 bits per heavy atom. The Kier molecular flexibility index (Phi) is 5.68. The van der Waals surface area contributed by atoms with E-state index in [0.29, 0.717) is 22.0 Å². The van der Waals surface area contributed by atoms with Gasteiger partial charge in [-0.2, -0.15) is 0 Å². The van der Waals surface area contributed by atoms with E-state index in [4.69, 9.17) is 4.74 Å². The molecular formula is C23H19BrN2O4S. The molecule has 0 spiro atoms. The molecule has 1 fully saturated rings. The summed E-state index contributed by atoms with van der Waals surface area (Å²) >= 11 is 4.76. The van der Waals surface area contributed by atoms with Gasteiger partial charge in [-0.05, 0) is 55.8 Å². The lowest BCUT2D eigenvalue weighted by atomic mass is 9.95. The zero-order valence-corrected chi connectivity index (χ0v) is 19.5. The normalized spacial score (nSPS) is 17.9. The van der Waals surface area contributed by atoms with Crippen molar-refractivity contribution in [2.24, 2.45) is 0 Å². The Morgan fingerprint density at radius 1 is 1.10 bits per heavy atom. The zero-order chi connectivity index (χ0) is 22.3. The van der Waals surface area contributed by atoms with Gasteiger partial charge in [0.2, 0.25) is 0 Å². The number of ketones is 1. The van der Waals surface area contributed by atoms with E-state index in [1.807, 2.05) is 38.1 Å². The van der Waals surface area contributed by atoms with Crippen molar-refractivity contribution in [1.82, 2.24) is 4.98 Å². The standard InChI is InChI=1S/C23H19BrN2O4S/c1-12-13(2)31-23(25-12)26-19(14-4-8-16(24)9-5-14)18(21(28)22(26)29)20(27)15-6-10-17(30-3)11-7-15/h4-11,19,27H,1-3H3/b20-18+/t19-/m1/s1. The highest BCUT2D eigenvalue weighted by molar-refractivity contribution is 9.10. The van der Waals surface area contributed by atoms with Gasteiger partial charge in [0, 0.05) is 14.9 Å². The predicted octanol–water partition coefficient (Wildman–Crippen LogP) is 5.16. The first-order valence-electron chi connectivity index (χ1n) is 9.46. The number of aromatic nitrogens is 1. The zero-order valence-electron chi connectivity index (χ0n) is 17.0. The van der Waals surface area contributed by atoms with Gasteiger partial charge in [0.1, 0.15) is 11.5 Å². The molecule has 1 aliphatic rings. The molecule has 1 aromatic heterocycles. The number of Topliss-reactive ketones (excluding diaryl/α,β-unsaturated/α-hetero) is 1. The van der Waals surface area contributed by atoms with E-state index in [9.17, 15) is 14.7 Å². The number of aliphatic hydroxyl groups is 1. The van der Waals surface area contributed by atoms with Crippen molar-refractivity contribution in [3.63, 3.8) is 0 Å². The minimum atomic E-state index is -0.792. The highest BCUT2D eigenvalue weighted by Crippen LogP contribution is 2.44. The molecule has 8 heteroatoms. The lowest BCUT2D eigenvalue weighted by Gasteiger charge is -2.23. The van der Waals surface area contributed by atoms with E-state index in [1.165, 1.54) is 16.2 Å². The first-order valence-corrected chi connectivity index (χ1v) is 11.1. The molecule has 0 radical (unpaired) electrons. The third-order valence-electron chi connectivity index (χ3n) is 5.22. The number of anilines is 1. The molecule has 0 unspecified atom stereocenters. The average Bonchev–Trinajstić information content (AvgIpc) is 3.23. The maximum absolute atomic E-state index is 13.1. The number of methoxy groups -OCH3 is 1. The number of hydrogen-bond donors (Lipinski definition) is 1. The Labute approximate surface area is 191 Å². The second kappa shape index (κ2) is 8.28. The molecule has 1 amide bonds. The fourth-order valence-corrected chi connectivity index (χ4v) is 4.65. The minimum Gasteiger partial charge on any atom is -0.507 e. The highest BCUT2D eigenvalue weighted by atomic mass is 79.9. The number of carbonyl (C=O) groups is 2. The topological polar surface area (TPSA) is 79.7 Å². The van der Waals surface area contributed by atoms with Gasteiger partial charge < -0.3 is 9.84 Å². The van der Waals surface area contributed by atoms with Gasteiger partial charge in [-0.1, -0.05) is 28.1 Å². The number of aryl methyl sites for hydroxylation is 2. The van der Waals surface area contributed by atoms with Crippen LogP contribution in [0.15, 0.2) is 58.6 Å². The summed E-state index contributed by atoms with van der Waals surface area (Å²) in [7, 11) is 1.55. The molecule has 1 aliphatic heterocycles. The summed E-state index contributed by atoms with van der Waals surface area (Å²) in [6.07, 6.45) is 0. The lowest BCUT2D eigenvalue weighted by molar-refractivity contribution is -0.132. The average molecular weight is 499 g/mol. The maximum Gasteiger partial charge on any atom is 0.301 e. The van der Waals surface area contributed by atoms with Crippen molar-refractivity contribution >= 4 is 49.8 Å². The predicted molar refractivity (Wildman–Crippen MR) is 124 cm³/mol. The molecule has 31 heavy (non-hydrogen) atoms. The van der Waals surface area contributed by atoms with E-state index >= 15 is 0 Å². The minimum absolute atomic E-state index is 0.0306. The molecule has 0 aliphatic carbocycles. The van der Waals surface area contributed by atoms with E-state index in [-0.39, 0.29) is 11.3 Å². The third kappa shape index (κ3) is 3.77. The molecule has 4 rings (SSSR count). The van der Waals surface area contributed by atoms with Crippen LogP contribution in [0.2, 0.25) is 0 Å². The molecule has 2 aromatic carbocycles. The first kappa shape index (κ1) is 21.3. The van der Waals surface area contributed by atoms with E-state index in [1.54, 1.807) is 31.4 Å². The van der Waals surface area contributed by atoms with Crippen molar-refractivity contribution in [1.29, 1.82) is 0 Å². The van der Waals surface area contributed by atoms with Crippen LogP contribution < -0.4 is 9.64 Å². The summed E-state index contributed by atoms with van der Waals surface area (Å²) in [5.41, 5.74) is 1.95. The number of nitrogens with zero attached hydrogens (tertiary/aromatic N) is 2. The number of carbonyl (C=O) groups excluding carboxylic acids is 2. The van der Waals surface area contributed by atoms with E-state index in [2.05, 4.69) is 20.9 Å². The van der Waals surface area contributed by atoms with Crippen molar-refractivity contribution in [3.8, 4) is 5.75 Å². The smallest absolute Gasteiger partial charge is 0.301 e. The molecule has 0 saturated carbocycles. The number of hydrogen-bond acceptors (Lipinski definition) is 6. The molecule has 0 bridgehead atoms. The molecule has 6 nitrogen and oxygen atoms in total. The second-order valence-electron chi connectivity index (χ2n) is 7.09. The maximum atomic E-state index is 13.1. The van der Waals surface area contributed by atoms with Crippen LogP contribution in [0, 0.1) is 13.8 Å². The lowest BCUT2D eigenvalue weighted by Crippen LogP contribution is -2.29. The largest absolute Gasteiger partial charge is 0.507 e. The van der Waals surface area contributed by atoms with Crippen LogP contribution in [0.25, 0.3) is 5.76 Å². The Hall–Kier alpha value is -2.97. The fraction of sp³-hybridized carbons (Fsp3) is 0.174. The van der Waals surface area contributed by atoms with Crippen LogP contribution in [0.4, 0.5) is 5.13 Å². The van der Waals surface area contributed by atoms with Crippen LogP contribution in [-0.4, -0.2) is 28.9 Å². The van der Waals surface area contributed by atoms with Gasteiger partial charge in [0.05, 0.1) is 24.4 Å². The van der Waals surface area contributed by atoms with E-state index in [0.717, 1.165) is 15.0 Å². The van der Waals surface area contributed by atoms with Gasteiger partial charge in [-0.25, -0.2) is 4.98 Å². The van der Waals surface area contributed by atoms with Gasteiger partial charge in [0.25, 0.3) is 5.78 Å². The third-order valence-corrected chi connectivity index (χ3v) is 6.82. The second-order valence-corrected chi connectivity index (χ2v) is 9.18. The number of ether oxygens (including phenoxy) is 1. The van der Waals surface area contributed by atoms with Gasteiger partial charge >= 0.3 is 5.91 Å². The summed E-state index contributed by atoms with van der Waals surface area (Å²) < 4.78 is 6.03. The first-order chi connectivity index (χ1) is 14.8. The summed E-state index contributed by atoms with van der Waals surface area (Å²) in [5.74, 6) is -1.07. The SMILES string of the molecule is COc1ccc(/C(O)=C2\C(=O)C(=O)N(c3nc(C)c(C)s3)[C@@H]2c2ccc(Br)cc2)cc1. The van der Waals surface area contributed by atoms with Crippen LogP contribution in [0.1, 0.15) is 27.7 Å². The Morgan fingerprint density at radius 3 is 2.29 bits per heavy atom. The van der Waals surface area contributed by atoms with Crippen LogP contribution in [0.3, 0.4) is 0 Å². The summed E-state index contributed by atoms with van der Waals surface area (Å²) in [4.78, 5) is 33.0. The van der Waals surface area contributed by atoms with Crippen molar-refractivity contribution in [2.75, 3.05) is 12.0 Å². The molecule has 1 N–H and O–H groups in total. The number of rotatable bonds is 4. The monoisotopic (exact) mass is 498 g/mol. The van der Waals surface area contributed by atoms with Crippen molar-refractivity contribution in [2.45, 2.75) is 19.9 Å². The number of thiazole rings is 1. The molecule has 3 aromatic rings. The highest BCUT2D eigenvalue weighted by Gasteiger charge is 2.48. The van der Waals surface area contributed by atoms with Gasteiger partial charge in [-0.15, -0.1) is 11.3 Å². The van der Waals surface area contributed by atoms with Gasteiger partial charge in [-0.3, -0.25) is 14.5 Å². The molecule has 158 valence electrons. The summed E-state index contributed by atoms with van der Waals surface area (Å²) in [5, 5.41) is 11.5. The molecule has 1 saturated heterocycles.